The third-order valence-corrected chi connectivity index (χ3v) is 4.91. The van der Waals surface area contributed by atoms with Gasteiger partial charge in [-0.15, -0.1) is 0 Å². The second-order valence-corrected chi connectivity index (χ2v) is 7.25. The number of fused-ring (bicyclic) bond motifs is 1. The van der Waals surface area contributed by atoms with E-state index in [1.54, 1.807) is 48.8 Å². The van der Waals surface area contributed by atoms with Crippen LogP contribution in [0.15, 0.2) is 67.0 Å². The van der Waals surface area contributed by atoms with Gasteiger partial charge in [-0.3, -0.25) is 14.6 Å². The lowest BCUT2D eigenvalue weighted by atomic mass is 10.0. The van der Waals surface area contributed by atoms with Gasteiger partial charge in [-0.2, -0.15) is 0 Å². The molecule has 30 heavy (non-hydrogen) atoms. The third kappa shape index (κ3) is 4.31. The Labute approximate surface area is 177 Å². The normalized spacial score (nSPS) is 11.9. The molecule has 0 fully saturated rings. The summed E-state index contributed by atoms with van der Waals surface area (Å²) in [4.78, 5) is 36.4. The number of primary amides is 1. The van der Waals surface area contributed by atoms with Crippen molar-refractivity contribution in [3.8, 4) is 11.4 Å². The van der Waals surface area contributed by atoms with E-state index >= 15 is 0 Å². The van der Waals surface area contributed by atoms with Crippen molar-refractivity contribution in [2.45, 2.75) is 12.5 Å². The van der Waals surface area contributed by atoms with Crippen molar-refractivity contribution in [1.82, 2.24) is 20.3 Å². The number of carbonyl (C=O) groups excluding carboxylic acids is 2. The summed E-state index contributed by atoms with van der Waals surface area (Å²) in [5, 5.41) is 3.26. The fourth-order valence-electron chi connectivity index (χ4n) is 3.16. The lowest BCUT2D eigenvalue weighted by Gasteiger charge is -2.16. The molecule has 2 aromatic heterocycles. The maximum Gasteiger partial charge on any atom is 0.252 e. The largest absolute Gasteiger partial charge is 0.368 e. The number of aromatic nitrogens is 3. The van der Waals surface area contributed by atoms with E-state index < -0.39 is 17.9 Å². The number of nitrogens with one attached hydrogen (secondary N) is 2. The summed E-state index contributed by atoms with van der Waals surface area (Å²) in [5.74, 6) is -0.338. The quantitative estimate of drug-likeness (QED) is 0.445. The Morgan fingerprint density at radius 2 is 1.90 bits per heavy atom. The monoisotopic (exact) mass is 419 g/mol. The van der Waals surface area contributed by atoms with Crippen LogP contribution in [0.3, 0.4) is 0 Å². The molecule has 0 aliphatic rings. The lowest BCUT2D eigenvalue weighted by Crippen LogP contribution is -2.45. The fourth-order valence-corrected chi connectivity index (χ4v) is 3.37. The number of halogens is 1. The van der Waals surface area contributed by atoms with Crippen LogP contribution >= 0.6 is 11.6 Å². The van der Waals surface area contributed by atoms with Crippen molar-refractivity contribution >= 4 is 34.4 Å². The zero-order chi connectivity index (χ0) is 21.1. The predicted octanol–water partition coefficient (Wildman–Crippen LogP) is 3.10. The van der Waals surface area contributed by atoms with Gasteiger partial charge in [-0.25, -0.2) is 4.98 Å². The highest BCUT2D eigenvalue weighted by Gasteiger charge is 2.20. The molecule has 0 saturated heterocycles. The number of aromatic amines is 1. The van der Waals surface area contributed by atoms with Gasteiger partial charge in [0.2, 0.25) is 5.91 Å². The number of rotatable bonds is 6. The second-order valence-electron chi connectivity index (χ2n) is 6.82. The molecule has 0 saturated carbocycles. The van der Waals surface area contributed by atoms with Crippen molar-refractivity contribution in [2.24, 2.45) is 5.73 Å². The molecule has 0 aliphatic heterocycles. The number of amides is 2. The Hall–Kier alpha value is -3.71. The Balaban J connectivity index is 1.54. The molecule has 1 unspecified atom stereocenters. The summed E-state index contributed by atoms with van der Waals surface area (Å²) in [5.41, 5.74) is 9.02. The molecule has 2 heterocycles. The summed E-state index contributed by atoms with van der Waals surface area (Å²) in [6, 6.07) is 15.0. The van der Waals surface area contributed by atoms with Crippen LogP contribution in [-0.2, 0) is 11.2 Å². The van der Waals surface area contributed by atoms with Crippen LogP contribution in [-0.4, -0.2) is 32.8 Å². The molecule has 0 spiro atoms. The number of pyridine rings is 1. The minimum absolute atomic E-state index is 0.250. The van der Waals surface area contributed by atoms with E-state index in [9.17, 15) is 9.59 Å². The second kappa shape index (κ2) is 8.34. The smallest absolute Gasteiger partial charge is 0.252 e. The Bertz CT molecular complexity index is 1220. The average Bonchev–Trinajstić information content (AvgIpc) is 3.17. The number of nitrogens with zero attached hydrogens (tertiary/aromatic N) is 2. The minimum Gasteiger partial charge on any atom is -0.368 e. The topological polar surface area (TPSA) is 114 Å². The lowest BCUT2D eigenvalue weighted by molar-refractivity contribution is -0.119. The molecule has 0 radical (unpaired) electrons. The first-order valence-electron chi connectivity index (χ1n) is 9.24. The first kappa shape index (κ1) is 19.6. The van der Waals surface area contributed by atoms with Crippen molar-refractivity contribution in [3.63, 3.8) is 0 Å². The van der Waals surface area contributed by atoms with E-state index in [0.717, 1.165) is 16.6 Å². The molecular formula is C22H18ClN5O2. The van der Waals surface area contributed by atoms with Crippen LogP contribution in [0, 0.1) is 0 Å². The first-order chi connectivity index (χ1) is 14.5. The number of H-pyrrole nitrogens is 1. The van der Waals surface area contributed by atoms with E-state index in [-0.39, 0.29) is 6.42 Å². The molecule has 7 nitrogen and oxygen atoms in total. The highest BCUT2D eigenvalue weighted by atomic mass is 35.5. The van der Waals surface area contributed by atoms with E-state index in [0.29, 0.717) is 21.9 Å². The zero-order valence-electron chi connectivity index (χ0n) is 15.8. The minimum atomic E-state index is -0.860. The molecule has 2 amide bonds. The maximum absolute atomic E-state index is 12.7. The Morgan fingerprint density at radius 1 is 1.10 bits per heavy atom. The molecule has 1 atom stereocenters. The summed E-state index contributed by atoms with van der Waals surface area (Å²) < 4.78 is 0. The van der Waals surface area contributed by atoms with Crippen LogP contribution < -0.4 is 11.1 Å². The maximum atomic E-state index is 12.7. The SMILES string of the molecule is NC(=O)C(Cc1cccc(Cl)c1)NC(=O)c1ccc2nc(-c3ccncc3)[nH]c2c1. The van der Waals surface area contributed by atoms with E-state index in [4.69, 9.17) is 17.3 Å². The van der Waals surface area contributed by atoms with Crippen LogP contribution in [0.4, 0.5) is 0 Å². The first-order valence-corrected chi connectivity index (χ1v) is 9.62. The summed E-state index contributed by atoms with van der Waals surface area (Å²) in [6.45, 7) is 0. The molecule has 4 N–H and O–H groups in total. The van der Waals surface area contributed by atoms with Crippen molar-refractivity contribution in [3.05, 3.63) is 83.1 Å². The van der Waals surface area contributed by atoms with Gasteiger partial charge in [0.05, 0.1) is 11.0 Å². The van der Waals surface area contributed by atoms with Gasteiger partial charge in [-0.1, -0.05) is 23.7 Å². The van der Waals surface area contributed by atoms with Gasteiger partial charge in [0.15, 0.2) is 0 Å². The number of benzene rings is 2. The number of carbonyl (C=O) groups is 2. The predicted molar refractivity (Wildman–Crippen MR) is 115 cm³/mol. The average molecular weight is 420 g/mol. The molecule has 150 valence electrons. The van der Waals surface area contributed by atoms with Crippen molar-refractivity contribution in [1.29, 1.82) is 0 Å². The van der Waals surface area contributed by atoms with Crippen LogP contribution in [0.25, 0.3) is 22.4 Å². The highest BCUT2D eigenvalue weighted by molar-refractivity contribution is 6.30. The standard InChI is InChI=1S/C22H18ClN5O2/c23-16-3-1-2-13(10-16)11-19(20(24)29)28-22(30)15-4-5-17-18(12-15)27-21(26-17)14-6-8-25-9-7-14/h1-10,12,19H,11H2,(H2,24,29)(H,26,27)(H,28,30). The van der Waals surface area contributed by atoms with Gasteiger partial charge in [0, 0.05) is 35.0 Å². The van der Waals surface area contributed by atoms with Gasteiger partial charge in [0.1, 0.15) is 11.9 Å². The van der Waals surface area contributed by atoms with E-state index in [2.05, 4.69) is 20.3 Å². The van der Waals surface area contributed by atoms with Crippen LogP contribution in [0.2, 0.25) is 5.02 Å². The molecule has 4 aromatic rings. The van der Waals surface area contributed by atoms with Crippen LogP contribution in [0.1, 0.15) is 15.9 Å². The summed E-state index contributed by atoms with van der Waals surface area (Å²) >= 11 is 5.99. The number of hydrogen-bond donors (Lipinski definition) is 3. The van der Waals surface area contributed by atoms with Gasteiger partial charge in [0.25, 0.3) is 5.91 Å². The van der Waals surface area contributed by atoms with Gasteiger partial charge in [-0.05, 0) is 48.0 Å². The summed E-state index contributed by atoms with van der Waals surface area (Å²) in [6.07, 6.45) is 3.62. The van der Waals surface area contributed by atoms with Crippen molar-refractivity contribution in [2.75, 3.05) is 0 Å². The molecular weight excluding hydrogens is 402 g/mol. The van der Waals surface area contributed by atoms with Crippen molar-refractivity contribution < 1.29 is 9.59 Å². The number of imidazole rings is 1. The number of hydrogen-bond acceptors (Lipinski definition) is 4. The molecule has 0 aliphatic carbocycles. The zero-order valence-corrected chi connectivity index (χ0v) is 16.6. The Morgan fingerprint density at radius 3 is 2.63 bits per heavy atom. The molecule has 2 aromatic carbocycles. The van der Waals surface area contributed by atoms with E-state index in [1.807, 2.05) is 18.2 Å². The summed E-state index contributed by atoms with van der Waals surface area (Å²) in [7, 11) is 0. The third-order valence-electron chi connectivity index (χ3n) is 4.68. The molecule has 0 bridgehead atoms. The molecule has 8 heteroatoms. The van der Waals surface area contributed by atoms with Gasteiger partial charge < -0.3 is 16.0 Å². The fraction of sp³-hybridized carbons (Fsp3) is 0.0909. The van der Waals surface area contributed by atoms with Crippen LogP contribution in [0.5, 0.6) is 0 Å². The highest BCUT2D eigenvalue weighted by Crippen LogP contribution is 2.21. The van der Waals surface area contributed by atoms with E-state index in [1.165, 1.54) is 0 Å². The van der Waals surface area contributed by atoms with Gasteiger partial charge >= 0.3 is 0 Å². The molecule has 4 rings (SSSR count). The Kier molecular flexibility index (Phi) is 5.45. The number of nitrogens with two attached hydrogens (primary N) is 1.